The molecule has 0 radical (unpaired) electrons. The van der Waals surface area contributed by atoms with Crippen LogP contribution in [0.5, 0.6) is 0 Å². The third kappa shape index (κ3) is 1.07. The van der Waals surface area contributed by atoms with Crippen LogP contribution in [0, 0.1) is 0 Å². The van der Waals surface area contributed by atoms with E-state index in [2.05, 4.69) is 17.3 Å². The fourth-order valence-corrected chi connectivity index (χ4v) is 2.05. The summed E-state index contributed by atoms with van der Waals surface area (Å²) in [7, 11) is 0. The molecule has 0 aliphatic heterocycles. The second-order valence-electron chi connectivity index (χ2n) is 3.65. The summed E-state index contributed by atoms with van der Waals surface area (Å²) in [6, 6.07) is 10.2. The summed E-state index contributed by atoms with van der Waals surface area (Å²) >= 11 is 0. The molecule has 2 heteroatoms. The smallest absolute Gasteiger partial charge is 0.140 e. The summed E-state index contributed by atoms with van der Waals surface area (Å²) in [5.41, 5.74) is 3.52. The topological polar surface area (TPSA) is 26.0 Å². The molecule has 1 aliphatic carbocycles. The van der Waals surface area contributed by atoms with E-state index in [1.165, 1.54) is 17.5 Å². The quantitative estimate of drug-likeness (QED) is 0.682. The van der Waals surface area contributed by atoms with Gasteiger partial charge in [0.15, 0.2) is 0 Å². The number of nitrogens with zero attached hydrogens (tertiary/aromatic N) is 1. The average molecular weight is 185 g/mol. The predicted molar refractivity (Wildman–Crippen MR) is 54.0 cm³/mol. The average Bonchev–Trinajstić information content (AvgIpc) is 2.79. The molecule has 0 atom stereocenters. The summed E-state index contributed by atoms with van der Waals surface area (Å²) in [6.07, 6.45) is 3.37. The van der Waals surface area contributed by atoms with E-state index in [1.54, 1.807) is 0 Å². The van der Waals surface area contributed by atoms with Crippen LogP contribution in [0.3, 0.4) is 0 Å². The molecule has 0 saturated heterocycles. The van der Waals surface area contributed by atoms with E-state index >= 15 is 0 Å². The highest BCUT2D eigenvalue weighted by Gasteiger charge is 2.21. The maximum atomic E-state index is 5.31. The van der Waals surface area contributed by atoms with Gasteiger partial charge >= 0.3 is 0 Å². The minimum Gasteiger partial charge on any atom is -0.360 e. The highest BCUT2D eigenvalue weighted by atomic mass is 16.5. The van der Waals surface area contributed by atoms with Gasteiger partial charge in [-0.25, -0.2) is 0 Å². The van der Waals surface area contributed by atoms with Crippen LogP contribution in [0.25, 0.3) is 11.3 Å². The Morgan fingerprint density at radius 3 is 2.79 bits per heavy atom. The Balaban J connectivity index is 2.13. The summed E-state index contributed by atoms with van der Waals surface area (Å²) in [5, 5.41) is 4.13. The van der Waals surface area contributed by atoms with Crippen LogP contribution in [-0.2, 0) is 12.8 Å². The third-order valence-electron chi connectivity index (χ3n) is 2.75. The van der Waals surface area contributed by atoms with Crippen molar-refractivity contribution in [2.45, 2.75) is 19.3 Å². The van der Waals surface area contributed by atoms with Gasteiger partial charge in [0.1, 0.15) is 11.5 Å². The first-order valence-corrected chi connectivity index (χ1v) is 4.98. The molecular weight excluding hydrogens is 174 g/mol. The number of hydrogen-bond acceptors (Lipinski definition) is 2. The lowest BCUT2D eigenvalue weighted by Gasteiger charge is -1.96. The SMILES string of the molecule is c1ccc(-c2noc3c2CCC3)cc1. The molecule has 70 valence electrons. The maximum absolute atomic E-state index is 5.31. The number of aryl methyl sites for hydroxylation is 1. The van der Waals surface area contributed by atoms with Crippen LogP contribution in [-0.4, -0.2) is 5.16 Å². The molecule has 14 heavy (non-hydrogen) atoms. The number of fused-ring (bicyclic) bond motifs is 1. The first-order valence-electron chi connectivity index (χ1n) is 4.98. The number of benzene rings is 1. The number of hydrogen-bond donors (Lipinski definition) is 0. The molecule has 0 unspecified atom stereocenters. The highest BCUT2D eigenvalue weighted by molar-refractivity contribution is 5.63. The summed E-state index contributed by atoms with van der Waals surface area (Å²) in [4.78, 5) is 0. The zero-order chi connectivity index (χ0) is 9.38. The molecule has 0 spiro atoms. The number of aromatic nitrogens is 1. The van der Waals surface area contributed by atoms with Crippen molar-refractivity contribution in [3.05, 3.63) is 41.7 Å². The molecule has 0 amide bonds. The molecule has 2 aromatic rings. The molecule has 3 rings (SSSR count). The third-order valence-corrected chi connectivity index (χ3v) is 2.75. The van der Waals surface area contributed by atoms with Crippen LogP contribution < -0.4 is 0 Å². The standard InChI is InChI=1S/C12H11NO/c1-2-5-9(6-3-1)12-10-7-4-8-11(10)14-13-12/h1-3,5-6H,4,7-8H2. The van der Waals surface area contributed by atoms with Gasteiger partial charge in [-0.2, -0.15) is 0 Å². The van der Waals surface area contributed by atoms with Gasteiger partial charge in [-0.3, -0.25) is 0 Å². The normalized spacial score (nSPS) is 14.3. The monoisotopic (exact) mass is 185 g/mol. The van der Waals surface area contributed by atoms with Crippen molar-refractivity contribution < 1.29 is 4.52 Å². The fourth-order valence-electron chi connectivity index (χ4n) is 2.05. The van der Waals surface area contributed by atoms with Crippen molar-refractivity contribution in [3.63, 3.8) is 0 Å². The molecular formula is C12H11NO. The Hall–Kier alpha value is -1.57. The van der Waals surface area contributed by atoms with Gasteiger partial charge in [0.05, 0.1) is 0 Å². The zero-order valence-corrected chi connectivity index (χ0v) is 7.86. The van der Waals surface area contributed by atoms with E-state index in [0.717, 1.165) is 24.3 Å². The highest BCUT2D eigenvalue weighted by Crippen LogP contribution is 2.31. The van der Waals surface area contributed by atoms with Crippen LogP contribution in [0.15, 0.2) is 34.9 Å². The van der Waals surface area contributed by atoms with Crippen molar-refractivity contribution >= 4 is 0 Å². The van der Waals surface area contributed by atoms with E-state index in [-0.39, 0.29) is 0 Å². The Labute approximate surface area is 82.5 Å². The predicted octanol–water partition coefficient (Wildman–Crippen LogP) is 2.83. The molecule has 2 nitrogen and oxygen atoms in total. The fraction of sp³-hybridized carbons (Fsp3) is 0.250. The Morgan fingerprint density at radius 2 is 1.93 bits per heavy atom. The van der Waals surface area contributed by atoms with Gasteiger partial charge in [0.2, 0.25) is 0 Å². The van der Waals surface area contributed by atoms with Gasteiger partial charge in [0, 0.05) is 17.5 Å². The molecule has 0 saturated carbocycles. The van der Waals surface area contributed by atoms with Crippen LogP contribution in [0.4, 0.5) is 0 Å². The van der Waals surface area contributed by atoms with E-state index in [9.17, 15) is 0 Å². The Morgan fingerprint density at radius 1 is 1.07 bits per heavy atom. The first kappa shape index (κ1) is 7.80. The maximum Gasteiger partial charge on any atom is 0.140 e. The molecule has 1 aliphatic rings. The molecule has 1 aromatic heterocycles. The molecule has 0 N–H and O–H groups in total. The lowest BCUT2D eigenvalue weighted by atomic mass is 10.1. The Kier molecular flexibility index (Phi) is 1.66. The van der Waals surface area contributed by atoms with Gasteiger partial charge in [-0.15, -0.1) is 0 Å². The van der Waals surface area contributed by atoms with E-state index in [4.69, 9.17) is 4.52 Å². The van der Waals surface area contributed by atoms with E-state index < -0.39 is 0 Å². The zero-order valence-electron chi connectivity index (χ0n) is 7.86. The molecule has 0 bridgehead atoms. The van der Waals surface area contributed by atoms with E-state index in [1.807, 2.05) is 18.2 Å². The minimum absolute atomic E-state index is 1.04. The molecule has 0 fully saturated rings. The summed E-state index contributed by atoms with van der Waals surface area (Å²) < 4.78 is 5.31. The van der Waals surface area contributed by atoms with Crippen molar-refractivity contribution in [1.82, 2.24) is 5.16 Å². The molecule has 1 heterocycles. The first-order chi connectivity index (χ1) is 6.95. The number of rotatable bonds is 1. The second kappa shape index (κ2) is 2.98. The van der Waals surface area contributed by atoms with Crippen LogP contribution >= 0.6 is 0 Å². The summed E-state index contributed by atoms with van der Waals surface area (Å²) in [6.45, 7) is 0. The van der Waals surface area contributed by atoms with Gasteiger partial charge < -0.3 is 4.52 Å². The van der Waals surface area contributed by atoms with Crippen molar-refractivity contribution in [2.75, 3.05) is 0 Å². The second-order valence-corrected chi connectivity index (χ2v) is 3.65. The summed E-state index contributed by atoms with van der Waals surface area (Å²) in [5.74, 6) is 1.09. The molecule has 1 aromatic carbocycles. The van der Waals surface area contributed by atoms with Crippen molar-refractivity contribution in [2.24, 2.45) is 0 Å². The van der Waals surface area contributed by atoms with Gasteiger partial charge in [0.25, 0.3) is 0 Å². The minimum atomic E-state index is 1.04. The van der Waals surface area contributed by atoms with Gasteiger partial charge in [-0.05, 0) is 12.8 Å². The van der Waals surface area contributed by atoms with E-state index in [0.29, 0.717) is 0 Å². The Bertz CT molecular complexity index is 445. The van der Waals surface area contributed by atoms with Crippen molar-refractivity contribution in [3.8, 4) is 11.3 Å². The van der Waals surface area contributed by atoms with Crippen molar-refractivity contribution in [1.29, 1.82) is 0 Å². The largest absolute Gasteiger partial charge is 0.360 e. The lowest BCUT2D eigenvalue weighted by Crippen LogP contribution is -1.82. The lowest BCUT2D eigenvalue weighted by molar-refractivity contribution is 0.388. The van der Waals surface area contributed by atoms with Gasteiger partial charge in [-0.1, -0.05) is 35.5 Å². The van der Waals surface area contributed by atoms with Crippen LogP contribution in [0.1, 0.15) is 17.7 Å². The van der Waals surface area contributed by atoms with Crippen LogP contribution in [0.2, 0.25) is 0 Å².